The highest BCUT2D eigenvalue weighted by atomic mass is 16.3. The molecule has 2 aromatic heterocycles. The van der Waals surface area contributed by atoms with Gasteiger partial charge < -0.3 is 9.32 Å². The summed E-state index contributed by atoms with van der Waals surface area (Å²) in [6.45, 7) is 4.76. The number of hydrogen-bond donors (Lipinski definition) is 0. The SMILES string of the molecule is CC(=O)N1CCN(C(c2ccccn2)c2ccco2)CC1. The van der Waals surface area contributed by atoms with Crippen molar-refractivity contribution in [3.63, 3.8) is 0 Å². The van der Waals surface area contributed by atoms with E-state index in [1.807, 2.05) is 35.2 Å². The number of carbonyl (C=O) groups is 1. The summed E-state index contributed by atoms with van der Waals surface area (Å²) in [5.41, 5.74) is 0.976. The first-order valence-corrected chi connectivity index (χ1v) is 7.19. The summed E-state index contributed by atoms with van der Waals surface area (Å²) < 4.78 is 5.62. The van der Waals surface area contributed by atoms with Crippen molar-refractivity contribution < 1.29 is 9.21 Å². The summed E-state index contributed by atoms with van der Waals surface area (Å²) in [4.78, 5) is 20.1. The molecule has 3 heterocycles. The molecule has 0 N–H and O–H groups in total. The molecule has 1 atom stereocenters. The fraction of sp³-hybridized carbons (Fsp3) is 0.375. The molecule has 0 aromatic carbocycles. The summed E-state index contributed by atoms with van der Waals surface area (Å²) in [6, 6.07) is 9.81. The molecule has 21 heavy (non-hydrogen) atoms. The molecule has 3 rings (SSSR count). The zero-order chi connectivity index (χ0) is 14.7. The predicted molar refractivity (Wildman–Crippen MR) is 78.6 cm³/mol. The second kappa shape index (κ2) is 6.10. The summed E-state index contributed by atoms with van der Waals surface area (Å²) in [6.07, 6.45) is 3.49. The van der Waals surface area contributed by atoms with Crippen LogP contribution in [0.15, 0.2) is 47.2 Å². The molecule has 0 saturated carbocycles. The van der Waals surface area contributed by atoms with Gasteiger partial charge in [-0.1, -0.05) is 6.07 Å². The Hall–Kier alpha value is -2.14. The standard InChI is InChI=1S/C16H19N3O2/c1-13(20)18-8-10-19(11-9-18)16(15-6-4-12-21-15)14-5-2-3-7-17-14/h2-7,12,16H,8-11H2,1H3. The number of hydrogen-bond acceptors (Lipinski definition) is 4. The number of rotatable bonds is 3. The largest absolute Gasteiger partial charge is 0.467 e. The molecule has 0 bridgehead atoms. The molecule has 1 saturated heterocycles. The third-order valence-corrected chi connectivity index (χ3v) is 3.91. The number of carbonyl (C=O) groups excluding carboxylic acids is 1. The zero-order valence-corrected chi connectivity index (χ0v) is 12.1. The van der Waals surface area contributed by atoms with Crippen LogP contribution in [0.1, 0.15) is 24.4 Å². The predicted octanol–water partition coefficient (Wildman–Crippen LogP) is 1.93. The maximum atomic E-state index is 11.5. The van der Waals surface area contributed by atoms with Crippen molar-refractivity contribution in [3.8, 4) is 0 Å². The van der Waals surface area contributed by atoms with Gasteiger partial charge in [0.1, 0.15) is 11.8 Å². The zero-order valence-electron chi connectivity index (χ0n) is 12.1. The van der Waals surface area contributed by atoms with Crippen molar-refractivity contribution in [2.75, 3.05) is 26.2 Å². The van der Waals surface area contributed by atoms with E-state index in [-0.39, 0.29) is 11.9 Å². The second-order valence-electron chi connectivity index (χ2n) is 5.21. The normalized spacial score (nSPS) is 17.7. The number of piperazine rings is 1. The van der Waals surface area contributed by atoms with E-state index in [1.165, 1.54) is 0 Å². The van der Waals surface area contributed by atoms with Crippen LogP contribution in [0.25, 0.3) is 0 Å². The van der Waals surface area contributed by atoms with E-state index in [4.69, 9.17) is 4.42 Å². The minimum atomic E-state index is 0.00954. The lowest BCUT2D eigenvalue weighted by Gasteiger charge is -2.38. The molecular formula is C16H19N3O2. The summed E-state index contributed by atoms with van der Waals surface area (Å²) in [5.74, 6) is 1.03. The van der Waals surface area contributed by atoms with Crippen LogP contribution in [0, 0.1) is 0 Å². The van der Waals surface area contributed by atoms with Gasteiger partial charge in [-0.15, -0.1) is 0 Å². The number of furan rings is 1. The highest BCUT2D eigenvalue weighted by Crippen LogP contribution is 2.28. The maximum absolute atomic E-state index is 11.5. The van der Waals surface area contributed by atoms with Gasteiger partial charge in [-0.3, -0.25) is 14.7 Å². The van der Waals surface area contributed by atoms with Gasteiger partial charge in [0.2, 0.25) is 5.91 Å². The van der Waals surface area contributed by atoms with E-state index in [0.717, 1.165) is 37.6 Å². The van der Waals surface area contributed by atoms with Crippen LogP contribution in [0.5, 0.6) is 0 Å². The molecule has 1 amide bonds. The third kappa shape index (κ3) is 2.97. The van der Waals surface area contributed by atoms with Gasteiger partial charge in [0.05, 0.1) is 12.0 Å². The van der Waals surface area contributed by atoms with Crippen LogP contribution >= 0.6 is 0 Å². The van der Waals surface area contributed by atoms with Crippen molar-refractivity contribution in [1.29, 1.82) is 0 Å². The van der Waals surface area contributed by atoms with Gasteiger partial charge >= 0.3 is 0 Å². The highest BCUT2D eigenvalue weighted by Gasteiger charge is 2.29. The first-order chi connectivity index (χ1) is 10.3. The molecule has 1 aliphatic rings. The van der Waals surface area contributed by atoms with Gasteiger partial charge in [0.15, 0.2) is 0 Å². The van der Waals surface area contributed by atoms with Crippen LogP contribution < -0.4 is 0 Å². The van der Waals surface area contributed by atoms with E-state index in [2.05, 4.69) is 9.88 Å². The highest BCUT2D eigenvalue weighted by molar-refractivity contribution is 5.73. The Labute approximate surface area is 124 Å². The molecular weight excluding hydrogens is 266 g/mol. The lowest BCUT2D eigenvalue weighted by atomic mass is 10.1. The first-order valence-electron chi connectivity index (χ1n) is 7.19. The molecule has 0 radical (unpaired) electrons. The van der Waals surface area contributed by atoms with Crippen molar-refractivity contribution in [1.82, 2.24) is 14.8 Å². The molecule has 2 aromatic rings. The Balaban J connectivity index is 1.83. The van der Waals surface area contributed by atoms with Crippen LogP contribution in [-0.4, -0.2) is 46.9 Å². The van der Waals surface area contributed by atoms with E-state index in [9.17, 15) is 4.79 Å². The summed E-state index contributed by atoms with van der Waals surface area (Å²) >= 11 is 0. The lowest BCUT2D eigenvalue weighted by Crippen LogP contribution is -2.49. The number of amides is 1. The minimum absolute atomic E-state index is 0.00954. The van der Waals surface area contributed by atoms with E-state index < -0.39 is 0 Å². The average Bonchev–Trinajstić information content (AvgIpc) is 3.03. The van der Waals surface area contributed by atoms with Crippen molar-refractivity contribution in [2.45, 2.75) is 13.0 Å². The van der Waals surface area contributed by atoms with E-state index >= 15 is 0 Å². The smallest absolute Gasteiger partial charge is 0.219 e. The fourth-order valence-corrected chi connectivity index (χ4v) is 2.79. The monoisotopic (exact) mass is 285 g/mol. The topological polar surface area (TPSA) is 49.6 Å². The quantitative estimate of drug-likeness (QED) is 0.864. The molecule has 5 heteroatoms. The first kappa shape index (κ1) is 13.8. The minimum Gasteiger partial charge on any atom is -0.467 e. The Bertz CT molecular complexity index is 575. The fourth-order valence-electron chi connectivity index (χ4n) is 2.79. The molecule has 5 nitrogen and oxygen atoms in total. The van der Waals surface area contributed by atoms with E-state index in [0.29, 0.717) is 0 Å². The van der Waals surface area contributed by atoms with Crippen LogP contribution in [-0.2, 0) is 4.79 Å². The Kier molecular flexibility index (Phi) is 4.01. The summed E-state index contributed by atoms with van der Waals surface area (Å²) in [5, 5.41) is 0. The maximum Gasteiger partial charge on any atom is 0.219 e. The molecule has 0 spiro atoms. The van der Waals surface area contributed by atoms with Gasteiger partial charge in [0.25, 0.3) is 0 Å². The molecule has 1 unspecified atom stereocenters. The lowest BCUT2D eigenvalue weighted by molar-refractivity contribution is -0.130. The van der Waals surface area contributed by atoms with Crippen molar-refractivity contribution in [3.05, 3.63) is 54.2 Å². The van der Waals surface area contributed by atoms with Gasteiger partial charge in [0, 0.05) is 39.3 Å². The third-order valence-electron chi connectivity index (χ3n) is 3.91. The average molecular weight is 285 g/mol. The van der Waals surface area contributed by atoms with Crippen LogP contribution in [0.2, 0.25) is 0 Å². The molecule has 0 aliphatic carbocycles. The van der Waals surface area contributed by atoms with Crippen molar-refractivity contribution in [2.24, 2.45) is 0 Å². The van der Waals surface area contributed by atoms with Crippen molar-refractivity contribution >= 4 is 5.91 Å². The van der Waals surface area contributed by atoms with Crippen LogP contribution in [0.4, 0.5) is 0 Å². The number of aromatic nitrogens is 1. The van der Waals surface area contributed by atoms with Crippen LogP contribution in [0.3, 0.4) is 0 Å². The van der Waals surface area contributed by atoms with E-state index in [1.54, 1.807) is 19.4 Å². The second-order valence-corrected chi connectivity index (χ2v) is 5.21. The Morgan fingerprint density at radius 3 is 2.57 bits per heavy atom. The Morgan fingerprint density at radius 1 is 1.19 bits per heavy atom. The van der Waals surface area contributed by atoms with Gasteiger partial charge in [-0.05, 0) is 24.3 Å². The molecule has 1 fully saturated rings. The molecule has 1 aliphatic heterocycles. The molecule has 110 valence electrons. The summed E-state index contributed by atoms with van der Waals surface area (Å²) in [7, 11) is 0. The number of nitrogens with zero attached hydrogens (tertiary/aromatic N) is 3. The van der Waals surface area contributed by atoms with Gasteiger partial charge in [-0.2, -0.15) is 0 Å². The Morgan fingerprint density at radius 2 is 2.00 bits per heavy atom. The number of pyridine rings is 1. The van der Waals surface area contributed by atoms with Gasteiger partial charge in [-0.25, -0.2) is 0 Å².